The van der Waals surface area contributed by atoms with E-state index in [9.17, 15) is 4.79 Å². The van der Waals surface area contributed by atoms with Crippen LogP contribution >= 0.6 is 12.2 Å². The highest BCUT2D eigenvalue weighted by Gasteiger charge is 2.10. The van der Waals surface area contributed by atoms with Crippen molar-refractivity contribution in [3.8, 4) is 5.75 Å². The van der Waals surface area contributed by atoms with Gasteiger partial charge in [-0.15, -0.1) is 5.10 Å². The van der Waals surface area contributed by atoms with Crippen LogP contribution in [-0.4, -0.2) is 37.8 Å². The molecule has 0 saturated heterocycles. The maximum Gasteiger partial charge on any atom is 0.269 e. The Balaban J connectivity index is 1.84. The molecule has 0 unspecified atom stereocenters. The second-order valence-electron chi connectivity index (χ2n) is 5.34. The van der Waals surface area contributed by atoms with E-state index in [1.807, 2.05) is 6.92 Å². The van der Waals surface area contributed by atoms with Gasteiger partial charge in [0.1, 0.15) is 5.75 Å². The molecule has 134 valence electrons. The lowest BCUT2D eigenvalue weighted by Gasteiger charge is -2.08. The fourth-order valence-electron chi connectivity index (χ4n) is 1.93. The Morgan fingerprint density at radius 2 is 2.00 bits per heavy atom. The number of thiocarbonyl (C=S) groups is 1. The van der Waals surface area contributed by atoms with E-state index in [0.717, 1.165) is 25.0 Å². The fraction of sp³-hybridized carbons (Fsp3) is 0.438. The van der Waals surface area contributed by atoms with Gasteiger partial charge in [-0.1, -0.05) is 25.4 Å². The van der Waals surface area contributed by atoms with Crippen molar-refractivity contribution in [1.29, 1.82) is 0 Å². The number of rotatable bonds is 8. The van der Waals surface area contributed by atoms with Crippen LogP contribution in [0.2, 0.25) is 0 Å². The summed E-state index contributed by atoms with van der Waals surface area (Å²) in [6.45, 7) is 5.46. The van der Waals surface area contributed by atoms with E-state index in [1.54, 1.807) is 24.3 Å². The minimum Gasteiger partial charge on any atom is -0.494 e. The van der Waals surface area contributed by atoms with Crippen LogP contribution in [-0.2, 0) is 6.54 Å². The Morgan fingerprint density at radius 3 is 2.68 bits per heavy atom. The average Bonchev–Trinajstić information content (AvgIpc) is 3.03. The van der Waals surface area contributed by atoms with Crippen molar-refractivity contribution < 1.29 is 9.53 Å². The molecule has 8 nitrogen and oxygen atoms in total. The van der Waals surface area contributed by atoms with Crippen molar-refractivity contribution in [3.05, 3.63) is 29.8 Å². The average molecular weight is 362 g/mol. The number of nitrogens with one attached hydrogen (secondary N) is 2. The lowest BCUT2D eigenvalue weighted by Crippen LogP contribution is -2.34. The molecule has 0 saturated carbocycles. The summed E-state index contributed by atoms with van der Waals surface area (Å²) in [5.74, 6) is 0.666. The Morgan fingerprint density at radius 1 is 1.24 bits per heavy atom. The number of hydrogen-bond donors (Lipinski definition) is 2. The highest BCUT2D eigenvalue weighted by molar-refractivity contribution is 7.80. The molecule has 0 atom stereocenters. The third-order valence-electron chi connectivity index (χ3n) is 3.21. The van der Waals surface area contributed by atoms with Crippen LogP contribution in [0.25, 0.3) is 0 Å². The summed E-state index contributed by atoms with van der Waals surface area (Å²) in [6, 6.07) is 6.90. The Kier molecular flexibility index (Phi) is 7.27. The highest BCUT2D eigenvalue weighted by atomic mass is 32.1. The van der Waals surface area contributed by atoms with Gasteiger partial charge < -0.3 is 4.74 Å². The molecule has 0 spiro atoms. The van der Waals surface area contributed by atoms with E-state index < -0.39 is 0 Å². The zero-order chi connectivity index (χ0) is 18.1. The van der Waals surface area contributed by atoms with Crippen molar-refractivity contribution in [2.75, 3.05) is 11.9 Å². The molecule has 1 amide bonds. The first-order valence-corrected chi connectivity index (χ1v) is 8.66. The van der Waals surface area contributed by atoms with E-state index >= 15 is 0 Å². The molecule has 2 rings (SSSR count). The predicted octanol–water partition coefficient (Wildman–Crippen LogP) is 2.39. The monoisotopic (exact) mass is 362 g/mol. The van der Waals surface area contributed by atoms with Crippen molar-refractivity contribution in [1.82, 2.24) is 25.5 Å². The molecule has 1 aromatic carbocycles. The van der Waals surface area contributed by atoms with E-state index in [-0.39, 0.29) is 17.0 Å². The van der Waals surface area contributed by atoms with Crippen LogP contribution < -0.4 is 15.4 Å². The lowest BCUT2D eigenvalue weighted by atomic mass is 10.2. The number of carbonyl (C=O) groups is 1. The lowest BCUT2D eigenvalue weighted by molar-refractivity contribution is 0.0977. The fourth-order valence-corrected chi connectivity index (χ4v) is 2.12. The van der Waals surface area contributed by atoms with Gasteiger partial charge in [-0.2, -0.15) is 4.80 Å². The molecule has 25 heavy (non-hydrogen) atoms. The smallest absolute Gasteiger partial charge is 0.269 e. The van der Waals surface area contributed by atoms with Crippen LogP contribution in [0.4, 0.5) is 5.95 Å². The van der Waals surface area contributed by atoms with Crippen molar-refractivity contribution in [2.24, 2.45) is 0 Å². The number of ether oxygens (including phenoxy) is 1. The van der Waals surface area contributed by atoms with Crippen LogP contribution in [0.15, 0.2) is 24.3 Å². The number of aromatic nitrogens is 4. The minimum atomic E-state index is -0.321. The van der Waals surface area contributed by atoms with Gasteiger partial charge in [-0.25, -0.2) is 0 Å². The first kappa shape index (κ1) is 18.8. The van der Waals surface area contributed by atoms with Crippen LogP contribution in [0.5, 0.6) is 5.75 Å². The summed E-state index contributed by atoms with van der Waals surface area (Å²) in [5, 5.41) is 17.2. The summed E-state index contributed by atoms with van der Waals surface area (Å²) in [7, 11) is 0. The molecule has 0 aliphatic heterocycles. The number of aryl methyl sites for hydroxylation is 1. The normalized spacial score (nSPS) is 10.3. The number of nitrogens with zero attached hydrogens (tertiary/aromatic N) is 4. The number of benzene rings is 1. The molecular formula is C16H22N6O2S. The maximum atomic E-state index is 12.2. The molecule has 0 fully saturated rings. The number of amides is 1. The van der Waals surface area contributed by atoms with Crippen LogP contribution in [0.1, 0.15) is 43.5 Å². The first-order chi connectivity index (χ1) is 12.1. The molecule has 9 heteroatoms. The maximum absolute atomic E-state index is 12.2. The standard InChI is InChI=1S/C16H22N6O2S/c1-3-5-11-24-13-8-6-12(7-9-13)14(23)17-16(25)18-15-19-21-22(20-15)10-4-2/h6-9H,3-5,10-11H2,1-2H3,(H2,17,18,20,23,25). The minimum absolute atomic E-state index is 0.115. The third-order valence-corrected chi connectivity index (χ3v) is 3.42. The van der Waals surface area contributed by atoms with Gasteiger partial charge in [-0.3, -0.25) is 15.4 Å². The summed E-state index contributed by atoms with van der Waals surface area (Å²) in [5.41, 5.74) is 0.481. The van der Waals surface area contributed by atoms with Gasteiger partial charge in [0.15, 0.2) is 5.11 Å². The highest BCUT2D eigenvalue weighted by Crippen LogP contribution is 2.12. The largest absolute Gasteiger partial charge is 0.494 e. The SMILES string of the molecule is CCCCOc1ccc(C(=O)NC(=S)Nc2nnn(CCC)n2)cc1. The van der Waals surface area contributed by atoms with Crippen LogP contribution in [0.3, 0.4) is 0 Å². The molecule has 2 aromatic rings. The molecule has 0 radical (unpaired) electrons. The molecular weight excluding hydrogens is 340 g/mol. The number of tetrazole rings is 1. The predicted molar refractivity (Wildman–Crippen MR) is 98.6 cm³/mol. The topological polar surface area (TPSA) is 94.0 Å². The van der Waals surface area contributed by atoms with Crippen molar-refractivity contribution in [2.45, 2.75) is 39.7 Å². The zero-order valence-electron chi connectivity index (χ0n) is 14.4. The molecule has 2 N–H and O–H groups in total. The van der Waals surface area contributed by atoms with Gasteiger partial charge in [0.05, 0.1) is 13.2 Å². The third kappa shape index (κ3) is 6.11. The zero-order valence-corrected chi connectivity index (χ0v) is 15.2. The number of unbranched alkanes of at least 4 members (excludes halogenated alkanes) is 1. The first-order valence-electron chi connectivity index (χ1n) is 8.25. The van der Waals surface area contributed by atoms with Gasteiger partial charge >= 0.3 is 0 Å². The quantitative estimate of drug-likeness (QED) is 0.550. The van der Waals surface area contributed by atoms with E-state index in [0.29, 0.717) is 18.7 Å². The number of anilines is 1. The summed E-state index contributed by atoms with van der Waals surface area (Å²) in [4.78, 5) is 13.6. The molecule has 0 bridgehead atoms. The van der Waals surface area contributed by atoms with Crippen molar-refractivity contribution >= 4 is 29.2 Å². The van der Waals surface area contributed by atoms with E-state index in [1.165, 1.54) is 4.80 Å². The van der Waals surface area contributed by atoms with Gasteiger partial charge in [0.25, 0.3) is 11.9 Å². The Bertz CT molecular complexity index is 701. The van der Waals surface area contributed by atoms with Crippen LogP contribution in [0, 0.1) is 0 Å². The van der Waals surface area contributed by atoms with Gasteiger partial charge in [0.2, 0.25) is 0 Å². The second kappa shape index (κ2) is 9.67. The molecule has 1 aromatic heterocycles. The Hall–Kier alpha value is -2.55. The van der Waals surface area contributed by atoms with Crippen molar-refractivity contribution in [3.63, 3.8) is 0 Å². The second-order valence-corrected chi connectivity index (χ2v) is 5.75. The van der Waals surface area contributed by atoms with Gasteiger partial charge in [-0.05, 0) is 54.5 Å². The molecule has 0 aliphatic rings. The summed E-state index contributed by atoms with van der Waals surface area (Å²) < 4.78 is 5.57. The molecule has 1 heterocycles. The number of hydrogen-bond acceptors (Lipinski definition) is 6. The molecule has 0 aliphatic carbocycles. The summed E-state index contributed by atoms with van der Waals surface area (Å²) in [6.07, 6.45) is 2.97. The Labute approximate surface area is 151 Å². The number of carbonyl (C=O) groups excluding carboxylic acids is 1. The van der Waals surface area contributed by atoms with E-state index in [2.05, 4.69) is 33.0 Å². The van der Waals surface area contributed by atoms with E-state index in [4.69, 9.17) is 17.0 Å². The van der Waals surface area contributed by atoms with Gasteiger partial charge in [0, 0.05) is 5.56 Å². The summed E-state index contributed by atoms with van der Waals surface area (Å²) >= 11 is 5.10.